The van der Waals surface area contributed by atoms with E-state index in [1.54, 1.807) is 6.92 Å². The molecular formula is C9H14O6S. The average Bonchev–Trinajstić information content (AvgIpc) is 2.55. The van der Waals surface area contributed by atoms with Crippen LogP contribution < -0.4 is 0 Å². The monoisotopic (exact) mass is 250 g/mol. The smallest absolute Gasteiger partial charge is 0.364 e. The van der Waals surface area contributed by atoms with E-state index in [-0.39, 0.29) is 32.2 Å². The van der Waals surface area contributed by atoms with Gasteiger partial charge in [0.2, 0.25) is 0 Å². The summed E-state index contributed by atoms with van der Waals surface area (Å²) in [5.74, 6) is -1.81. The molecule has 0 radical (unpaired) electrons. The number of aliphatic carboxylic acids is 1. The van der Waals surface area contributed by atoms with E-state index < -0.39 is 17.1 Å². The number of carboxylic acids is 1. The highest BCUT2D eigenvalue weighted by molar-refractivity contribution is 7.96. The first kappa shape index (κ1) is 13.3. The summed E-state index contributed by atoms with van der Waals surface area (Å²) < 4.78 is 15.4. The summed E-state index contributed by atoms with van der Waals surface area (Å²) >= 11 is 3.45. The number of rotatable bonds is 5. The summed E-state index contributed by atoms with van der Waals surface area (Å²) in [5, 5.41) is 7.86. The molecule has 92 valence electrons. The van der Waals surface area contributed by atoms with Crippen molar-refractivity contribution in [2.45, 2.75) is 31.7 Å². The molecule has 0 aromatic heterocycles. The van der Waals surface area contributed by atoms with Crippen LogP contribution in [0.3, 0.4) is 0 Å². The van der Waals surface area contributed by atoms with Gasteiger partial charge in [0.15, 0.2) is 5.79 Å². The van der Waals surface area contributed by atoms with E-state index in [2.05, 4.69) is 17.4 Å². The third-order valence-corrected chi connectivity index (χ3v) is 2.31. The highest BCUT2D eigenvalue weighted by Crippen LogP contribution is 2.28. The molecule has 1 fully saturated rings. The molecule has 0 spiro atoms. The molecule has 16 heavy (non-hydrogen) atoms. The van der Waals surface area contributed by atoms with Crippen LogP contribution in [0, 0.1) is 0 Å². The molecule has 1 saturated heterocycles. The van der Waals surface area contributed by atoms with Crippen molar-refractivity contribution < 1.29 is 28.9 Å². The van der Waals surface area contributed by atoms with Crippen LogP contribution in [-0.2, 0) is 19.0 Å². The Bertz CT molecular complexity index is 281. The average molecular weight is 250 g/mol. The van der Waals surface area contributed by atoms with Gasteiger partial charge in [-0.2, -0.15) is 0 Å². The second-order valence-corrected chi connectivity index (χ2v) is 4.02. The zero-order valence-corrected chi connectivity index (χ0v) is 9.74. The predicted octanol–water partition coefficient (Wildman–Crippen LogP) is 1.05. The Morgan fingerprint density at radius 3 is 2.88 bits per heavy atom. The van der Waals surface area contributed by atoms with Crippen molar-refractivity contribution in [1.29, 1.82) is 0 Å². The summed E-state index contributed by atoms with van der Waals surface area (Å²) in [6, 6.07) is 0. The Morgan fingerprint density at radius 2 is 2.31 bits per heavy atom. The fourth-order valence-corrected chi connectivity index (χ4v) is 1.48. The lowest BCUT2D eigenvalue weighted by molar-refractivity contribution is -0.168. The lowest BCUT2D eigenvalue weighted by Crippen LogP contribution is -2.29. The van der Waals surface area contributed by atoms with Gasteiger partial charge in [-0.1, -0.05) is 12.6 Å². The van der Waals surface area contributed by atoms with Crippen molar-refractivity contribution in [3.05, 3.63) is 0 Å². The number of thiol groups is 1. The summed E-state index contributed by atoms with van der Waals surface area (Å²) in [6.07, 6.45) is -0.140. The van der Waals surface area contributed by atoms with Gasteiger partial charge >= 0.3 is 11.3 Å². The molecule has 0 saturated carbocycles. The minimum absolute atomic E-state index is 0.0322. The Morgan fingerprint density at radius 1 is 1.62 bits per heavy atom. The third kappa shape index (κ3) is 4.38. The van der Waals surface area contributed by atoms with Gasteiger partial charge in [-0.05, 0) is 6.92 Å². The zero-order valence-electron chi connectivity index (χ0n) is 8.84. The van der Waals surface area contributed by atoms with Gasteiger partial charge in [0.1, 0.15) is 12.7 Å². The summed E-state index contributed by atoms with van der Waals surface area (Å²) in [7, 11) is 0. The second-order valence-electron chi connectivity index (χ2n) is 3.66. The maximum absolute atomic E-state index is 10.4. The van der Waals surface area contributed by atoms with Gasteiger partial charge in [-0.3, -0.25) is 4.79 Å². The van der Waals surface area contributed by atoms with Crippen LogP contribution in [0.4, 0.5) is 4.79 Å². The minimum Gasteiger partial charge on any atom is -0.481 e. The topological polar surface area (TPSA) is 82.1 Å². The van der Waals surface area contributed by atoms with E-state index in [1.807, 2.05) is 0 Å². The van der Waals surface area contributed by atoms with Crippen LogP contribution in [0.1, 0.15) is 19.8 Å². The number of ether oxygens (including phenoxy) is 3. The standard InChI is InChI=1S/C9H14O6S/c1-9(3-2-7(10)11)14-5-6(15-9)4-13-8(12)16/h6H,2-5H2,1H3,(H,10,11)(H,12,16). The molecule has 0 aromatic rings. The van der Waals surface area contributed by atoms with Gasteiger partial charge in [0.05, 0.1) is 13.0 Å². The first-order valence-corrected chi connectivity index (χ1v) is 5.25. The highest BCUT2D eigenvalue weighted by Gasteiger charge is 2.37. The van der Waals surface area contributed by atoms with Crippen LogP contribution in [-0.4, -0.2) is 41.5 Å². The Labute approximate surface area is 98.3 Å². The van der Waals surface area contributed by atoms with Gasteiger partial charge in [0, 0.05) is 6.42 Å². The summed E-state index contributed by atoms with van der Waals surface area (Å²) in [4.78, 5) is 20.8. The van der Waals surface area contributed by atoms with Gasteiger partial charge in [0.25, 0.3) is 0 Å². The van der Waals surface area contributed by atoms with Crippen LogP contribution in [0.5, 0.6) is 0 Å². The first-order valence-electron chi connectivity index (χ1n) is 4.80. The van der Waals surface area contributed by atoms with Crippen molar-refractivity contribution >= 4 is 23.9 Å². The number of hydrogen-bond donors (Lipinski definition) is 2. The number of hydrogen-bond acceptors (Lipinski definition) is 5. The van der Waals surface area contributed by atoms with Crippen LogP contribution >= 0.6 is 12.6 Å². The maximum Gasteiger partial charge on any atom is 0.364 e. The maximum atomic E-state index is 10.4. The van der Waals surface area contributed by atoms with Crippen molar-refractivity contribution in [3.8, 4) is 0 Å². The van der Waals surface area contributed by atoms with Crippen molar-refractivity contribution in [2.24, 2.45) is 0 Å². The molecule has 0 aliphatic carbocycles. The van der Waals surface area contributed by atoms with E-state index in [9.17, 15) is 9.59 Å². The SMILES string of the molecule is CC1(CCC(=O)O)OCC(COC(=O)S)O1. The zero-order chi connectivity index (χ0) is 12.2. The highest BCUT2D eigenvalue weighted by atomic mass is 32.1. The third-order valence-electron chi connectivity index (χ3n) is 2.18. The Balaban J connectivity index is 2.32. The summed E-state index contributed by atoms with van der Waals surface area (Å²) in [5.41, 5.74) is 0. The number of carbonyl (C=O) groups is 2. The molecule has 2 atom stereocenters. The minimum atomic E-state index is -0.911. The largest absolute Gasteiger partial charge is 0.481 e. The van der Waals surface area contributed by atoms with E-state index in [0.717, 1.165) is 0 Å². The lowest BCUT2D eigenvalue weighted by Gasteiger charge is -2.22. The van der Waals surface area contributed by atoms with Crippen molar-refractivity contribution in [2.75, 3.05) is 13.2 Å². The normalized spacial score (nSPS) is 29.0. The Kier molecular flexibility index (Phi) is 4.57. The van der Waals surface area contributed by atoms with Crippen molar-refractivity contribution in [3.63, 3.8) is 0 Å². The van der Waals surface area contributed by atoms with Crippen LogP contribution in [0.25, 0.3) is 0 Å². The molecule has 1 aliphatic rings. The molecule has 7 heteroatoms. The van der Waals surface area contributed by atoms with Crippen LogP contribution in [0.15, 0.2) is 0 Å². The van der Waals surface area contributed by atoms with Crippen LogP contribution in [0.2, 0.25) is 0 Å². The molecular weight excluding hydrogens is 236 g/mol. The lowest BCUT2D eigenvalue weighted by atomic mass is 10.2. The molecule has 0 bridgehead atoms. The molecule has 0 amide bonds. The van der Waals surface area contributed by atoms with E-state index >= 15 is 0 Å². The van der Waals surface area contributed by atoms with Crippen molar-refractivity contribution in [1.82, 2.24) is 0 Å². The van der Waals surface area contributed by atoms with E-state index in [0.29, 0.717) is 0 Å². The first-order chi connectivity index (χ1) is 7.41. The summed E-state index contributed by atoms with van der Waals surface area (Å²) in [6.45, 7) is 2.00. The molecule has 0 aromatic carbocycles. The molecule has 1 heterocycles. The number of carbonyl (C=O) groups excluding carboxylic acids is 1. The van der Waals surface area contributed by atoms with Gasteiger partial charge < -0.3 is 19.3 Å². The van der Waals surface area contributed by atoms with Gasteiger partial charge in [-0.15, -0.1) is 0 Å². The fourth-order valence-electron chi connectivity index (χ4n) is 1.40. The predicted molar refractivity (Wildman–Crippen MR) is 56.4 cm³/mol. The van der Waals surface area contributed by atoms with E-state index in [4.69, 9.17) is 14.6 Å². The second kappa shape index (κ2) is 5.51. The quantitative estimate of drug-likeness (QED) is 0.560. The Hall–Kier alpha value is -0.790. The molecule has 2 unspecified atom stereocenters. The fraction of sp³-hybridized carbons (Fsp3) is 0.778. The molecule has 1 rings (SSSR count). The molecule has 6 nitrogen and oxygen atoms in total. The van der Waals surface area contributed by atoms with E-state index in [1.165, 1.54) is 0 Å². The molecule has 1 aliphatic heterocycles. The number of carboxylic acid groups (broad SMARTS) is 1. The molecule has 1 N–H and O–H groups in total. The van der Waals surface area contributed by atoms with Gasteiger partial charge in [-0.25, -0.2) is 4.79 Å².